The van der Waals surface area contributed by atoms with Crippen LogP contribution in [0.3, 0.4) is 0 Å². The molecule has 0 saturated heterocycles. The molecule has 22 heavy (non-hydrogen) atoms. The Labute approximate surface area is 133 Å². The monoisotopic (exact) mass is 321 g/mol. The van der Waals surface area contributed by atoms with E-state index in [-0.39, 0.29) is 11.9 Å². The highest BCUT2D eigenvalue weighted by Gasteiger charge is 2.26. The fraction of sp³-hybridized carbons (Fsp3) is 0.467. The SMILES string of the molecule is CCC[C@H](NC(=O)c1scc2c1OCCO2)c1nccn1C. The number of carbonyl (C=O) groups is 1. The molecule has 1 aliphatic rings. The number of hydrogen-bond donors (Lipinski definition) is 1. The maximum absolute atomic E-state index is 12.6. The lowest BCUT2D eigenvalue weighted by molar-refractivity contribution is 0.0927. The summed E-state index contributed by atoms with van der Waals surface area (Å²) in [6.45, 7) is 3.09. The molecule has 0 spiro atoms. The van der Waals surface area contributed by atoms with Crippen molar-refractivity contribution in [2.24, 2.45) is 7.05 Å². The Kier molecular flexibility index (Phi) is 4.33. The predicted octanol–water partition coefficient (Wildman–Crippen LogP) is 2.52. The van der Waals surface area contributed by atoms with Gasteiger partial charge >= 0.3 is 0 Å². The molecule has 1 aliphatic heterocycles. The number of rotatable bonds is 5. The second-order valence-electron chi connectivity index (χ2n) is 5.17. The van der Waals surface area contributed by atoms with Crippen LogP contribution in [0.15, 0.2) is 17.8 Å². The van der Waals surface area contributed by atoms with E-state index in [4.69, 9.17) is 9.47 Å². The fourth-order valence-corrected chi connectivity index (χ4v) is 3.34. The van der Waals surface area contributed by atoms with Gasteiger partial charge in [-0.15, -0.1) is 11.3 Å². The van der Waals surface area contributed by atoms with Crippen LogP contribution >= 0.6 is 11.3 Å². The first-order valence-electron chi connectivity index (χ1n) is 7.36. The zero-order chi connectivity index (χ0) is 15.5. The van der Waals surface area contributed by atoms with Gasteiger partial charge in [-0.2, -0.15) is 0 Å². The molecule has 118 valence electrons. The molecular weight excluding hydrogens is 302 g/mol. The molecule has 3 rings (SSSR count). The maximum atomic E-state index is 12.6. The van der Waals surface area contributed by atoms with Gasteiger partial charge < -0.3 is 19.4 Å². The normalized spacial score (nSPS) is 14.6. The molecule has 7 heteroatoms. The van der Waals surface area contributed by atoms with Crippen molar-refractivity contribution >= 4 is 17.2 Å². The molecule has 0 bridgehead atoms. The first-order chi connectivity index (χ1) is 10.7. The Hall–Kier alpha value is -2.02. The van der Waals surface area contributed by atoms with Crippen molar-refractivity contribution in [3.05, 3.63) is 28.5 Å². The fourth-order valence-electron chi connectivity index (χ4n) is 2.51. The zero-order valence-electron chi connectivity index (χ0n) is 12.7. The molecule has 2 aromatic rings. The molecule has 0 fully saturated rings. The minimum absolute atomic E-state index is 0.111. The van der Waals surface area contributed by atoms with E-state index in [9.17, 15) is 4.79 Å². The van der Waals surface area contributed by atoms with E-state index in [2.05, 4.69) is 17.2 Å². The van der Waals surface area contributed by atoms with Gasteiger partial charge in [0.25, 0.3) is 5.91 Å². The van der Waals surface area contributed by atoms with Gasteiger partial charge in [0.15, 0.2) is 11.5 Å². The Morgan fingerprint density at radius 2 is 2.32 bits per heavy atom. The lowest BCUT2D eigenvalue weighted by atomic mass is 10.1. The number of carbonyl (C=O) groups excluding carboxylic acids is 1. The number of hydrogen-bond acceptors (Lipinski definition) is 5. The van der Waals surface area contributed by atoms with E-state index >= 15 is 0 Å². The highest BCUT2D eigenvalue weighted by Crippen LogP contribution is 2.39. The largest absolute Gasteiger partial charge is 0.485 e. The Bertz CT molecular complexity index is 665. The number of aryl methyl sites for hydroxylation is 1. The number of nitrogens with one attached hydrogen (secondary N) is 1. The quantitative estimate of drug-likeness (QED) is 0.919. The highest BCUT2D eigenvalue weighted by atomic mass is 32.1. The standard InChI is InChI=1S/C15H19N3O3S/c1-3-4-10(14-16-5-6-18(14)2)17-15(19)13-12-11(9-22-13)20-7-8-21-12/h5-6,9-10H,3-4,7-8H2,1-2H3,(H,17,19)/t10-/m0/s1. The van der Waals surface area contributed by atoms with Gasteiger partial charge in [-0.1, -0.05) is 13.3 Å². The summed E-state index contributed by atoms with van der Waals surface area (Å²) < 4.78 is 13.0. The van der Waals surface area contributed by atoms with Gasteiger partial charge in [0.05, 0.1) is 6.04 Å². The van der Waals surface area contributed by atoms with Crippen LogP contribution in [-0.2, 0) is 7.05 Å². The molecule has 6 nitrogen and oxygen atoms in total. The molecule has 0 aromatic carbocycles. The number of thiophene rings is 1. The average Bonchev–Trinajstić information content (AvgIpc) is 3.12. The molecule has 3 heterocycles. The Morgan fingerprint density at radius 3 is 3.05 bits per heavy atom. The van der Waals surface area contributed by atoms with Gasteiger partial charge in [0.1, 0.15) is 23.9 Å². The first-order valence-corrected chi connectivity index (χ1v) is 8.23. The van der Waals surface area contributed by atoms with Gasteiger partial charge in [0, 0.05) is 24.8 Å². The Balaban J connectivity index is 1.80. The van der Waals surface area contributed by atoms with Crippen LogP contribution in [0.25, 0.3) is 0 Å². The Morgan fingerprint density at radius 1 is 1.50 bits per heavy atom. The van der Waals surface area contributed by atoms with Crippen LogP contribution < -0.4 is 14.8 Å². The van der Waals surface area contributed by atoms with Crippen LogP contribution in [0.1, 0.15) is 41.3 Å². The summed E-state index contributed by atoms with van der Waals surface area (Å²) in [5.74, 6) is 1.94. The van der Waals surface area contributed by atoms with Crippen LogP contribution in [0, 0.1) is 0 Å². The van der Waals surface area contributed by atoms with E-state index < -0.39 is 0 Å². The third-order valence-electron chi connectivity index (χ3n) is 3.56. The second-order valence-corrected chi connectivity index (χ2v) is 6.05. The molecule has 0 aliphatic carbocycles. The summed E-state index contributed by atoms with van der Waals surface area (Å²) in [4.78, 5) is 17.5. The second kappa shape index (κ2) is 6.39. The van der Waals surface area contributed by atoms with E-state index in [0.717, 1.165) is 18.7 Å². The average molecular weight is 321 g/mol. The first kappa shape index (κ1) is 14.9. The number of amides is 1. The minimum atomic E-state index is -0.141. The van der Waals surface area contributed by atoms with Crippen LogP contribution in [0.5, 0.6) is 11.5 Å². The van der Waals surface area contributed by atoms with Gasteiger partial charge in [-0.25, -0.2) is 4.98 Å². The van der Waals surface area contributed by atoms with E-state index in [0.29, 0.717) is 29.6 Å². The highest BCUT2D eigenvalue weighted by molar-refractivity contribution is 7.12. The smallest absolute Gasteiger partial charge is 0.265 e. The molecule has 0 saturated carbocycles. The van der Waals surface area contributed by atoms with Crippen molar-refractivity contribution in [3.63, 3.8) is 0 Å². The van der Waals surface area contributed by atoms with Crippen molar-refractivity contribution in [3.8, 4) is 11.5 Å². The van der Waals surface area contributed by atoms with Crippen molar-refractivity contribution in [1.29, 1.82) is 0 Å². The summed E-state index contributed by atoms with van der Waals surface area (Å²) in [5.41, 5.74) is 0. The summed E-state index contributed by atoms with van der Waals surface area (Å²) in [5, 5.41) is 4.88. The van der Waals surface area contributed by atoms with Crippen molar-refractivity contribution in [1.82, 2.24) is 14.9 Å². The van der Waals surface area contributed by atoms with Gasteiger partial charge in [0.2, 0.25) is 0 Å². The van der Waals surface area contributed by atoms with Crippen LogP contribution in [0.4, 0.5) is 0 Å². The minimum Gasteiger partial charge on any atom is -0.485 e. The van der Waals surface area contributed by atoms with Gasteiger partial charge in [-0.3, -0.25) is 4.79 Å². The predicted molar refractivity (Wildman–Crippen MR) is 83.6 cm³/mol. The number of nitrogens with zero attached hydrogens (tertiary/aromatic N) is 2. The zero-order valence-corrected chi connectivity index (χ0v) is 13.5. The third kappa shape index (κ3) is 2.81. The maximum Gasteiger partial charge on any atom is 0.265 e. The molecule has 2 aromatic heterocycles. The lowest BCUT2D eigenvalue weighted by Gasteiger charge is -2.19. The molecule has 0 radical (unpaired) electrons. The van der Waals surface area contributed by atoms with Crippen LogP contribution in [0.2, 0.25) is 0 Å². The topological polar surface area (TPSA) is 65.4 Å². The summed E-state index contributed by atoms with van der Waals surface area (Å²) >= 11 is 1.35. The van der Waals surface area contributed by atoms with Crippen molar-refractivity contribution in [2.75, 3.05) is 13.2 Å². The molecule has 1 N–H and O–H groups in total. The van der Waals surface area contributed by atoms with E-state index in [1.54, 1.807) is 6.20 Å². The van der Waals surface area contributed by atoms with E-state index in [1.165, 1.54) is 11.3 Å². The van der Waals surface area contributed by atoms with Crippen LogP contribution in [-0.4, -0.2) is 28.7 Å². The van der Waals surface area contributed by atoms with Crippen molar-refractivity contribution in [2.45, 2.75) is 25.8 Å². The summed E-state index contributed by atoms with van der Waals surface area (Å²) in [7, 11) is 1.93. The summed E-state index contributed by atoms with van der Waals surface area (Å²) in [6, 6.07) is -0.111. The van der Waals surface area contributed by atoms with Gasteiger partial charge in [-0.05, 0) is 6.42 Å². The third-order valence-corrected chi connectivity index (χ3v) is 4.50. The lowest BCUT2D eigenvalue weighted by Crippen LogP contribution is -2.30. The molecule has 1 amide bonds. The number of aromatic nitrogens is 2. The number of ether oxygens (including phenoxy) is 2. The molecule has 1 atom stereocenters. The number of fused-ring (bicyclic) bond motifs is 1. The summed E-state index contributed by atoms with van der Waals surface area (Å²) in [6.07, 6.45) is 5.42. The molecule has 0 unspecified atom stereocenters. The molecular formula is C15H19N3O3S. The van der Waals surface area contributed by atoms with Crippen molar-refractivity contribution < 1.29 is 14.3 Å². The van der Waals surface area contributed by atoms with E-state index in [1.807, 2.05) is 23.2 Å². The number of imidazole rings is 1.